The van der Waals surface area contributed by atoms with Crippen molar-refractivity contribution in [1.82, 2.24) is 9.80 Å². The summed E-state index contributed by atoms with van der Waals surface area (Å²) in [7, 11) is 1.65. The van der Waals surface area contributed by atoms with E-state index in [1.807, 2.05) is 0 Å². The second-order valence-electron chi connectivity index (χ2n) is 6.26. The van der Waals surface area contributed by atoms with Gasteiger partial charge in [0.25, 0.3) is 0 Å². The highest BCUT2D eigenvalue weighted by atomic mass is 35.5. The van der Waals surface area contributed by atoms with E-state index in [9.17, 15) is 9.59 Å². The normalized spacial score (nSPS) is 18.5. The number of carbonyl (C=O) groups excluding carboxylic acids is 2. The van der Waals surface area contributed by atoms with Crippen LogP contribution in [0, 0.1) is 5.92 Å². The van der Waals surface area contributed by atoms with Crippen LogP contribution >= 0.6 is 11.6 Å². The lowest BCUT2D eigenvalue weighted by Gasteiger charge is -2.31. The molecule has 1 fully saturated rings. The molecule has 126 valence electrons. The van der Waals surface area contributed by atoms with Crippen molar-refractivity contribution >= 4 is 29.1 Å². The molecule has 1 N–H and O–H groups in total. The smallest absolute Gasteiger partial charge is 0.244 e. The number of halogens is 1. The van der Waals surface area contributed by atoms with Gasteiger partial charge in [0.1, 0.15) is 0 Å². The summed E-state index contributed by atoms with van der Waals surface area (Å²) in [5.74, 6) is 0.347. The van der Waals surface area contributed by atoms with E-state index in [0.717, 1.165) is 19.5 Å². The van der Waals surface area contributed by atoms with Gasteiger partial charge >= 0.3 is 0 Å². The first-order valence-corrected chi connectivity index (χ1v) is 8.34. The van der Waals surface area contributed by atoms with Crippen LogP contribution < -0.4 is 5.32 Å². The largest absolute Gasteiger partial charge is 0.335 e. The SMILES string of the molecule is C[C@H]1CCCN(CC(=O)N(C)CC(=O)Nc2ccccc2Cl)C1. The van der Waals surface area contributed by atoms with Crippen LogP contribution in [0.15, 0.2) is 24.3 Å². The summed E-state index contributed by atoms with van der Waals surface area (Å²) in [6.45, 7) is 4.51. The van der Waals surface area contributed by atoms with E-state index in [2.05, 4.69) is 17.1 Å². The molecule has 1 aromatic rings. The number of hydrogen-bond acceptors (Lipinski definition) is 3. The monoisotopic (exact) mass is 337 g/mol. The lowest BCUT2D eigenvalue weighted by atomic mass is 10.0. The molecule has 1 aliphatic rings. The lowest BCUT2D eigenvalue weighted by Crippen LogP contribution is -2.44. The Morgan fingerprint density at radius 1 is 1.39 bits per heavy atom. The number of rotatable bonds is 5. The number of nitrogens with zero attached hydrogens (tertiary/aromatic N) is 2. The Balaban J connectivity index is 1.81. The summed E-state index contributed by atoms with van der Waals surface area (Å²) in [5.41, 5.74) is 0.560. The zero-order valence-electron chi connectivity index (χ0n) is 13.7. The van der Waals surface area contributed by atoms with Gasteiger partial charge in [-0.1, -0.05) is 30.7 Å². The zero-order chi connectivity index (χ0) is 16.8. The number of piperidine rings is 1. The number of benzene rings is 1. The van der Waals surface area contributed by atoms with E-state index in [1.54, 1.807) is 31.3 Å². The number of likely N-dealkylation sites (tertiary alicyclic amines) is 1. The van der Waals surface area contributed by atoms with E-state index in [-0.39, 0.29) is 18.4 Å². The van der Waals surface area contributed by atoms with Crippen molar-refractivity contribution in [3.63, 3.8) is 0 Å². The molecule has 1 saturated heterocycles. The maximum atomic E-state index is 12.3. The highest BCUT2D eigenvalue weighted by Crippen LogP contribution is 2.20. The van der Waals surface area contributed by atoms with Gasteiger partial charge < -0.3 is 10.2 Å². The minimum Gasteiger partial charge on any atom is -0.335 e. The number of nitrogens with one attached hydrogen (secondary N) is 1. The third-order valence-corrected chi connectivity index (χ3v) is 4.38. The molecule has 23 heavy (non-hydrogen) atoms. The number of anilines is 1. The Hall–Kier alpha value is -1.59. The lowest BCUT2D eigenvalue weighted by molar-refractivity contribution is -0.134. The number of para-hydroxylation sites is 1. The summed E-state index contributed by atoms with van der Waals surface area (Å²) in [4.78, 5) is 27.9. The zero-order valence-corrected chi connectivity index (χ0v) is 14.5. The minimum atomic E-state index is -0.249. The Morgan fingerprint density at radius 2 is 2.13 bits per heavy atom. The molecule has 1 heterocycles. The van der Waals surface area contributed by atoms with Crippen LogP contribution in [0.25, 0.3) is 0 Å². The molecule has 2 amide bonds. The average molecular weight is 338 g/mol. The molecule has 0 spiro atoms. The molecule has 0 bridgehead atoms. The Kier molecular flexibility index (Phi) is 6.42. The summed E-state index contributed by atoms with van der Waals surface area (Å²) < 4.78 is 0. The van der Waals surface area contributed by atoms with Crippen molar-refractivity contribution < 1.29 is 9.59 Å². The van der Waals surface area contributed by atoms with Gasteiger partial charge in [0, 0.05) is 13.6 Å². The van der Waals surface area contributed by atoms with Gasteiger partial charge in [-0.3, -0.25) is 14.5 Å². The van der Waals surface area contributed by atoms with Crippen molar-refractivity contribution in [2.24, 2.45) is 5.92 Å². The fourth-order valence-corrected chi connectivity index (χ4v) is 2.98. The van der Waals surface area contributed by atoms with Gasteiger partial charge in [0.15, 0.2) is 0 Å². The van der Waals surface area contributed by atoms with Crippen molar-refractivity contribution in [2.75, 3.05) is 38.5 Å². The molecule has 6 heteroatoms. The summed E-state index contributed by atoms with van der Waals surface area (Å²) in [6, 6.07) is 7.04. The van der Waals surface area contributed by atoms with Gasteiger partial charge in [-0.05, 0) is 37.4 Å². The molecule has 0 saturated carbocycles. The number of hydrogen-bond donors (Lipinski definition) is 1. The second kappa shape index (κ2) is 8.31. The van der Waals surface area contributed by atoms with Crippen molar-refractivity contribution in [3.05, 3.63) is 29.3 Å². The highest BCUT2D eigenvalue weighted by molar-refractivity contribution is 6.33. The highest BCUT2D eigenvalue weighted by Gasteiger charge is 2.21. The summed E-state index contributed by atoms with van der Waals surface area (Å²) >= 11 is 6.01. The third-order valence-electron chi connectivity index (χ3n) is 4.05. The first-order valence-electron chi connectivity index (χ1n) is 7.96. The number of amides is 2. The van der Waals surface area contributed by atoms with Gasteiger partial charge in [0.05, 0.1) is 23.8 Å². The number of carbonyl (C=O) groups is 2. The Labute approximate surface area is 142 Å². The van der Waals surface area contributed by atoms with Gasteiger partial charge in [-0.15, -0.1) is 0 Å². The summed E-state index contributed by atoms with van der Waals surface area (Å²) in [5, 5.41) is 3.21. The van der Waals surface area contributed by atoms with Crippen LogP contribution in [0.5, 0.6) is 0 Å². The Bertz CT molecular complexity index is 565. The van der Waals surface area contributed by atoms with Gasteiger partial charge in [-0.2, -0.15) is 0 Å². The van der Waals surface area contributed by atoms with Crippen LogP contribution in [0.1, 0.15) is 19.8 Å². The molecule has 0 unspecified atom stereocenters. The molecule has 1 atom stereocenters. The predicted octanol–water partition coefficient (Wildman–Crippen LogP) is 2.47. The molecule has 5 nitrogen and oxygen atoms in total. The quantitative estimate of drug-likeness (QED) is 0.898. The second-order valence-corrected chi connectivity index (χ2v) is 6.67. The fourth-order valence-electron chi connectivity index (χ4n) is 2.80. The van der Waals surface area contributed by atoms with E-state index in [4.69, 9.17) is 11.6 Å². The molecular weight excluding hydrogens is 314 g/mol. The first kappa shape index (κ1) is 17.8. The molecule has 0 aromatic heterocycles. The predicted molar refractivity (Wildman–Crippen MR) is 92.6 cm³/mol. The molecule has 1 aliphatic heterocycles. The third kappa shape index (κ3) is 5.52. The van der Waals surface area contributed by atoms with Gasteiger partial charge in [-0.25, -0.2) is 0 Å². The maximum Gasteiger partial charge on any atom is 0.244 e. The average Bonchev–Trinajstić information content (AvgIpc) is 2.49. The van der Waals surface area contributed by atoms with E-state index < -0.39 is 0 Å². The van der Waals surface area contributed by atoms with E-state index in [0.29, 0.717) is 23.2 Å². The first-order chi connectivity index (χ1) is 11.0. The van der Waals surface area contributed by atoms with Crippen LogP contribution in [0.3, 0.4) is 0 Å². The van der Waals surface area contributed by atoms with Crippen LogP contribution in [-0.2, 0) is 9.59 Å². The topological polar surface area (TPSA) is 52.7 Å². The van der Waals surface area contributed by atoms with Gasteiger partial charge in [0.2, 0.25) is 11.8 Å². The van der Waals surface area contributed by atoms with Crippen LogP contribution in [0.4, 0.5) is 5.69 Å². The molecule has 2 rings (SSSR count). The van der Waals surface area contributed by atoms with Crippen LogP contribution in [-0.4, -0.2) is 54.8 Å². The Morgan fingerprint density at radius 3 is 2.83 bits per heavy atom. The standard InChI is InChI=1S/C17H24ClN3O2/c1-13-6-5-9-21(10-13)12-17(23)20(2)11-16(22)19-15-8-4-3-7-14(15)18/h3-4,7-8,13H,5-6,9-12H2,1-2H3,(H,19,22)/t13-/m0/s1. The van der Waals surface area contributed by atoms with Crippen molar-refractivity contribution in [3.8, 4) is 0 Å². The molecule has 0 aliphatic carbocycles. The van der Waals surface area contributed by atoms with Crippen molar-refractivity contribution in [2.45, 2.75) is 19.8 Å². The summed E-state index contributed by atoms with van der Waals surface area (Å²) in [6.07, 6.45) is 2.35. The molecule has 1 aromatic carbocycles. The number of likely N-dealkylation sites (N-methyl/N-ethyl adjacent to an activating group) is 1. The van der Waals surface area contributed by atoms with Crippen molar-refractivity contribution in [1.29, 1.82) is 0 Å². The molecule has 0 radical (unpaired) electrons. The minimum absolute atomic E-state index is 0.0213. The van der Waals surface area contributed by atoms with E-state index in [1.165, 1.54) is 11.3 Å². The fraction of sp³-hybridized carbons (Fsp3) is 0.529. The molecular formula is C17H24ClN3O2. The maximum absolute atomic E-state index is 12.3. The van der Waals surface area contributed by atoms with Crippen LogP contribution in [0.2, 0.25) is 5.02 Å². The van der Waals surface area contributed by atoms with E-state index >= 15 is 0 Å².